The summed E-state index contributed by atoms with van der Waals surface area (Å²) < 4.78 is 0. The van der Waals surface area contributed by atoms with Crippen molar-refractivity contribution < 1.29 is 5.11 Å². The van der Waals surface area contributed by atoms with Crippen molar-refractivity contribution in [1.82, 2.24) is 0 Å². The van der Waals surface area contributed by atoms with Crippen LogP contribution < -0.4 is 0 Å². The SMILES string of the molecule is N#CC1(C(O)=[SiH2])CC2CCC1C2. The van der Waals surface area contributed by atoms with E-state index in [-0.39, 0.29) is 0 Å². The summed E-state index contributed by atoms with van der Waals surface area (Å²) in [5.74, 6) is 1.16. The minimum absolute atomic E-state index is 0.372. The van der Waals surface area contributed by atoms with E-state index in [2.05, 4.69) is 6.07 Å². The number of hydrogen-bond acceptors (Lipinski definition) is 2. The highest BCUT2D eigenvalue weighted by Crippen LogP contribution is 2.55. The van der Waals surface area contributed by atoms with Gasteiger partial charge in [0.25, 0.3) is 0 Å². The van der Waals surface area contributed by atoms with Crippen molar-refractivity contribution in [2.75, 3.05) is 0 Å². The van der Waals surface area contributed by atoms with Crippen LogP contribution in [0.5, 0.6) is 0 Å². The molecule has 64 valence electrons. The Kier molecular flexibility index (Phi) is 1.62. The molecule has 0 spiro atoms. The summed E-state index contributed by atoms with van der Waals surface area (Å²) in [7, 11) is 1.48. The summed E-state index contributed by atoms with van der Waals surface area (Å²) in [6.07, 6.45) is 4.48. The van der Waals surface area contributed by atoms with Crippen molar-refractivity contribution in [1.29, 1.82) is 5.26 Å². The van der Waals surface area contributed by atoms with Gasteiger partial charge in [0.15, 0.2) is 0 Å². The second kappa shape index (κ2) is 2.43. The van der Waals surface area contributed by atoms with Crippen molar-refractivity contribution in [2.24, 2.45) is 17.3 Å². The Morgan fingerprint density at radius 3 is 2.58 bits per heavy atom. The molecule has 0 amide bonds. The fraction of sp³-hybridized carbons (Fsp3) is 0.778. The summed E-state index contributed by atoms with van der Waals surface area (Å²) in [6, 6.07) is 2.33. The van der Waals surface area contributed by atoms with Crippen molar-refractivity contribution in [2.45, 2.75) is 25.7 Å². The molecule has 3 atom stereocenters. The predicted octanol–water partition coefficient (Wildman–Crippen LogP) is 0.452. The molecule has 1 N–H and O–H groups in total. The van der Waals surface area contributed by atoms with Gasteiger partial charge in [-0.05, 0) is 31.1 Å². The summed E-state index contributed by atoms with van der Waals surface area (Å²) in [5, 5.41) is 19.0. The molecule has 0 heterocycles. The Balaban J connectivity index is 2.33. The lowest BCUT2D eigenvalue weighted by Crippen LogP contribution is -2.35. The maximum Gasteiger partial charge on any atom is 0.111 e. The van der Waals surface area contributed by atoms with Gasteiger partial charge < -0.3 is 5.11 Å². The summed E-state index contributed by atoms with van der Waals surface area (Å²) in [5.41, 5.74) is -0.457. The molecule has 12 heavy (non-hydrogen) atoms. The molecule has 2 rings (SSSR count). The highest BCUT2D eigenvalue weighted by molar-refractivity contribution is 6.36. The van der Waals surface area contributed by atoms with E-state index in [1.807, 2.05) is 0 Å². The lowest BCUT2D eigenvalue weighted by Gasteiger charge is -2.29. The molecule has 2 aliphatic rings. The lowest BCUT2D eigenvalue weighted by atomic mass is 9.75. The fourth-order valence-corrected chi connectivity index (χ4v) is 3.40. The van der Waals surface area contributed by atoms with Crippen LogP contribution in [0.4, 0.5) is 0 Å². The van der Waals surface area contributed by atoms with Crippen LogP contribution in [0.2, 0.25) is 0 Å². The lowest BCUT2D eigenvalue weighted by molar-refractivity contribution is 0.297. The quantitative estimate of drug-likeness (QED) is 0.594. The van der Waals surface area contributed by atoms with Crippen LogP contribution in [0.15, 0.2) is 0 Å². The highest BCUT2D eigenvalue weighted by atomic mass is 28.1. The Bertz CT molecular complexity index is 270. The van der Waals surface area contributed by atoms with Crippen molar-refractivity contribution in [3.05, 3.63) is 0 Å². The van der Waals surface area contributed by atoms with Crippen LogP contribution in [-0.4, -0.2) is 20.3 Å². The number of nitrogens with zero attached hydrogens (tertiary/aromatic N) is 1. The molecule has 0 aliphatic heterocycles. The topological polar surface area (TPSA) is 44.0 Å². The van der Waals surface area contributed by atoms with E-state index in [4.69, 9.17) is 5.26 Å². The second-order valence-electron chi connectivity index (χ2n) is 4.11. The molecule has 2 saturated carbocycles. The number of aliphatic hydroxyl groups is 1. The van der Waals surface area contributed by atoms with E-state index in [0.717, 1.165) is 19.3 Å². The molecule has 2 nitrogen and oxygen atoms in total. The molecule has 3 unspecified atom stereocenters. The molecule has 2 bridgehead atoms. The predicted molar refractivity (Wildman–Crippen MR) is 49.0 cm³/mol. The minimum atomic E-state index is -0.457. The van der Waals surface area contributed by atoms with E-state index in [1.165, 1.54) is 16.3 Å². The number of rotatable bonds is 1. The first-order valence-electron chi connectivity index (χ1n) is 4.48. The maximum atomic E-state index is 9.53. The number of aliphatic hydroxyl groups excluding tert-OH is 1. The first kappa shape index (κ1) is 8.00. The molecule has 0 aromatic heterocycles. The van der Waals surface area contributed by atoms with Crippen molar-refractivity contribution in [3.63, 3.8) is 0 Å². The van der Waals surface area contributed by atoms with Gasteiger partial charge in [0.05, 0.1) is 11.4 Å². The van der Waals surface area contributed by atoms with E-state index in [9.17, 15) is 5.11 Å². The monoisotopic (exact) mass is 179 g/mol. The van der Waals surface area contributed by atoms with Gasteiger partial charge in [-0.2, -0.15) is 5.26 Å². The molecule has 0 aromatic rings. The number of hydrogen-bond donors (Lipinski definition) is 1. The molecule has 0 radical (unpaired) electrons. The largest absolute Gasteiger partial charge is 0.517 e. The van der Waals surface area contributed by atoms with Crippen LogP contribution in [0, 0.1) is 28.6 Å². The van der Waals surface area contributed by atoms with Crippen LogP contribution in [0.3, 0.4) is 0 Å². The molecular weight excluding hydrogens is 166 g/mol. The standard InChI is InChI=1S/C9H13NOSi/c10-5-9(8(11)12)4-6-1-2-7(9)3-6/h6-7,11H,1-4,12H2. The average Bonchev–Trinajstić information content (AvgIpc) is 2.62. The van der Waals surface area contributed by atoms with Crippen LogP contribution in [0.25, 0.3) is 0 Å². The smallest absolute Gasteiger partial charge is 0.111 e. The third-order valence-electron chi connectivity index (χ3n) is 3.56. The molecule has 3 heteroatoms. The van der Waals surface area contributed by atoms with Crippen LogP contribution >= 0.6 is 0 Å². The third kappa shape index (κ3) is 0.817. The van der Waals surface area contributed by atoms with Gasteiger partial charge in [-0.3, -0.25) is 0 Å². The summed E-state index contributed by atoms with van der Waals surface area (Å²) in [4.78, 5) is 0. The van der Waals surface area contributed by atoms with Crippen molar-refractivity contribution in [3.8, 4) is 6.07 Å². The first-order chi connectivity index (χ1) is 5.69. The zero-order chi connectivity index (χ0) is 8.77. The molecule has 0 saturated heterocycles. The Labute approximate surface area is 75.2 Å². The molecule has 2 fully saturated rings. The van der Waals surface area contributed by atoms with Gasteiger partial charge in [0.1, 0.15) is 5.41 Å². The zero-order valence-electron chi connectivity index (χ0n) is 7.08. The summed E-state index contributed by atoms with van der Waals surface area (Å²) in [6.45, 7) is 0. The zero-order valence-corrected chi connectivity index (χ0v) is 8.50. The van der Waals surface area contributed by atoms with Gasteiger partial charge in [-0.15, -0.1) is 0 Å². The normalized spacial score (nSPS) is 44.2. The number of fused-ring (bicyclic) bond motifs is 2. The Morgan fingerprint density at radius 1 is 1.58 bits per heavy atom. The van der Waals surface area contributed by atoms with Gasteiger partial charge >= 0.3 is 0 Å². The third-order valence-corrected chi connectivity index (χ3v) is 4.19. The fourth-order valence-electron chi connectivity index (χ4n) is 2.88. The van der Waals surface area contributed by atoms with E-state index in [1.54, 1.807) is 0 Å². The van der Waals surface area contributed by atoms with E-state index >= 15 is 0 Å². The van der Waals surface area contributed by atoms with E-state index < -0.39 is 5.41 Å². The maximum absolute atomic E-state index is 9.53. The minimum Gasteiger partial charge on any atom is -0.517 e. The second-order valence-corrected chi connectivity index (χ2v) is 4.78. The molecule has 0 aromatic carbocycles. The Hall–Kier alpha value is -0.623. The first-order valence-corrected chi connectivity index (χ1v) is 5.19. The van der Waals surface area contributed by atoms with Crippen molar-refractivity contribution >= 4 is 15.2 Å². The molecular formula is C9H13NOSi. The summed E-state index contributed by atoms with van der Waals surface area (Å²) >= 11 is 0. The van der Waals surface area contributed by atoms with E-state index in [0.29, 0.717) is 17.2 Å². The Morgan fingerprint density at radius 2 is 2.33 bits per heavy atom. The van der Waals surface area contributed by atoms with Gasteiger partial charge in [0, 0.05) is 9.85 Å². The van der Waals surface area contributed by atoms with Crippen LogP contribution in [0.1, 0.15) is 25.7 Å². The number of nitriles is 1. The van der Waals surface area contributed by atoms with Gasteiger partial charge in [0.2, 0.25) is 0 Å². The van der Waals surface area contributed by atoms with Crippen LogP contribution in [-0.2, 0) is 0 Å². The van der Waals surface area contributed by atoms with Gasteiger partial charge in [-0.1, -0.05) is 6.42 Å². The highest BCUT2D eigenvalue weighted by Gasteiger charge is 2.53. The average molecular weight is 179 g/mol. The molecule has 2 aliphatic carbocycles. The van der Waals surface area contributed by atoms with Gasteiger partial charge in [-0.25, -0.2) is 0 Å².